The summed E-state index contributed by atoms with van der Waals surface area (Å²) < 4.78 is 68.8. The predicted octanol–water partition coefficient (Wildman–Crippen LogP) is 24.9. The topological polar surface area (TPSA) is 237 Å². The first-order valence-corrected chi connectivity index (χ1v) is 45.8. The van der Waals surface area contributed by atoms with Crippen LogP contribution in [-0.4, -0.2) is 96.7 Å². The van der Waals surface area contributed by atoms with Crippen molar-refractivity contribution in [3.8, 4) is 0 Å². The van der Waals surface area contributed by atoms with Crippen molar-refractivity contribution in [1.29, 1.82) is 0 Å². The molecule has 3 N–H and O–H groups in total. The number of carbonyl (C=O) groups excluding carboxylic acids is 4. The number of rotatable bonds is 81. The van der Waals surface area contributed by atoms with Crippen molar-refractivity contribution in [1.82, 2.24) is 0 Å². The predicted molar refractivity (Wildman–Crippen MR) is 418 cm³/mol. The van der Waals surface area contributed by atoms with Gasteiger partial charge < -0.3 is 33.8 Å². The molecule has 5 atom stereocenters. The second kappa shape index (κ2) is 73.2. The van der Waals surface area contributed by atoms with Crippen molar-refractivity contribution in [2.45, 2.75) is 452 Å². The van der Waals surface area contributed by atoms with Crippen LogP contribution in [0, 0.1) is 17.8 Å². The van der Waals surface area contributed by atoms with Gasteiger partial charge in [0.2, 0.25) is 0 Å². The fraction of sp³-hybridized carbons (Fsp3) is 0.952. The molecular weight excluding hydrogens is 1330 g/mol. The Morgan fingerprint density at radius 1 is 0.265 bits per heavy atom. The van der Waals surface area contributed by atoms with Gasteiger partial charge in [-0.25, -0.2) is 9.13 Å². The molecule has 0 aromatic rings. The van der Waals surface area contributed by atoms with E-state index >= 15 is 0 Å². The molecule has 0 saturated heterocycles. The Morgan fingerprint density at radius 3 is 0.667 bits per heavy atom. The quantitative estimate of drug-likeness (QED) is 0.0222. The van der Waals surface area contributed by atoms with E-state index in [0.29, 0.717) is 25.7 Å². The van der Waals surface area contributed by atoms with Crippen LogP contribution in [0.25, 0.3) is 0 Å². The van der Waals surface area contributed by atoms with E-state index in [9.17, 15) is 43.2 Å². The van der Waals surface area contributed by atoms with Gasteiger partial charge in [-0.3, -0.25) is 37.3 Å². The number of ether oxygens (including phenoxy) is 4. The van der Waals surface area contributed by atoms with Gasteiger partial charge in [-0.15, -0.1) is 0 Å². The van der Waals surface area contributed by atoms with Crippen LogP contribution in [0.4, 0.5) is 0 Å². The lowest BCUT2D eigenvalue weighted by Crippen LogP contribution is -2.30. The zero-order chi connectivity index (χ0) is 75.1. The number of esters is 4. The molecule has 2 unspecified atom stereocenters. The molecule has 0 spiro atoms. The van der Waals surface area contributed by atoms with Gasteiger partial charge in [-0.05, 0) is 43.4 Å². The Morgan fingerprint density at radius 2 is 0.451 bits per heavy atom. The molecule has 0 radical (unpaired) electrons. The number of phosphoric ester groups is 2. The summed E-state index contributed by atoms with van der Waals surface area (Å²) in [6.07, 6.45) is 62.4. The largest absolute Gasteiger partial charge is 0.472 e. The minimum absolute atomic E-state index is 0.107. The molecule has 0 aromatic carbocycles. The Balaban J connectivity index is 5.25. The van der Waals surface area contributed by atoms with Gasteiger partial charge in [-0.2, -0.15) is 0 Å². The number of hydrogen-bond acceptors (Lipinski definition) is 15. The third-order valence-corrected chi connectivity index (χ3v) is 21.3. The second-order valence-corrected chi connectivity index (χ2v) is 34.2. The first-order valence-electron chi connectivity index (χ1n) is 42.8. The van der Waals surface area contributed by atoms with Crippen molar-refractivity contribution < 1.29 is 80.2 Å². The molecule has 0 fully saturated rings. The first-order chi connectivity index (χ1) is 49.2. The smallest absolute Gasteiger partial charge is 0.462 e. The van der Waals surface area contributed by atoms with Crippen LogP contribution in [-0.2, 0) is 65.4 Å². The maximum Gasteiger partial charge on any atom is 0.472 e. The highest BCUT2D eigenvalue weighted by molar-refractivity contribution is 7.47. The molecule has 102 heavy (non-hydrogen) atoms. The average Bonchev–Trinajstić information content (AvgIpc) is 0.929. The lowest BCUT2D eigenvalue weighted by atomic mass is 10.0. The highest BCUT2D eigenvalue weighted by atomic mass is 31.2. The van der Waals surface area contributed by atoms with E-state index in [1.165, 1.54) is 244 Å². The number of carbonyl (C=O) groups is 4. The Labute approximate surface area is 626 Å². The Hall–Kier alpha value is -1.94. The summed E-state index contributed by atoms with van der Waals surface area (Å²) in [5.41, 5.74) is 0. The molecule has 0 aliphatic carbocycles. The zero-order valence-electron chi connectivity index (χ0n) is 67.1. The summed E-state index contributed by atoms with van der Waals surface area (Å²) in [5.74, 6) is 0.274. The molecule has 0 heterocycles. The van der Waals surface area contributed by atoms with E-state index in [-0.39, 0.29) is 25.7 Å². The molecule has 0 aliphatic rings. The van der Waals surface area contributed by atoms with Gasteiger partial charge >= 0.3 is 39.5 Å². The standard InChI is InChI=1S/C83H162O17P2/c1-8-9-10-11-12-13-26-36-43-50-57-64-80(85)93-70-78(100-83(88)67-60-53-46-39-32-25-29-35-42-49-56-63-76(6)7)72-97-101(89,90)95-68-77(84)69-96-102(91,92)98-73-79(71-94-81(86)65-58-51-44-37-30-23-20-16-18-22-28-34-41-48-55-62-75(4)5)99-82(87)66-59-52-45-38-31-24-19-15-14-17-21-27-33-40-47-54-61-74(2)3/h74-79,84H,8-73H2,1-7H3,(H,89,90)(H,91,92)/t77-,78+,79+/m0/s1. The fourth-order valence-electron chi connectivity index (χ4n) is 12.8. The van der Waals surface area contributed by atoms with Crippen LogP contribution in [0.1, 0.15) is 434 Å². The van der Waals surface area contributed by atoms with Crippen LogP contribution in [0.15, 0.2) is 0 Å². The van der Waals surface area contributed by atoms with Gasteiger partial charge in [-0.1, -0.05) is 382 Å². The van der Waals surface area contributed by atoms with Crippen molar-refractivity contribution >= 4 is 39.5 Å². The number of phosphoric acid groups is 2. The number of hydrogen-bond donors (Lipinski definition) is 3. The van der Waals surface area contributed by atoms with Crippen molar-refractivity contribution in [2.75, 3.05) is 39.6 Å². The zero-order valence-corrected chi connectivity index (χ0v) is 68.9. The van der Waals surface area contributed by atoms with E-state index in [1.54, 1.807) is 0 Å². The molecule has 0 amide bonds. The monoisotopic (exact) mass is 1490 g/mol. The molecule has 0 rings (SSSR count). The van der Waals surface area contributed by atoms with E-state index in [4.69, 9.17) is 37.0 Å². The van der Waals surface area contributed by atoms with E-state index < -0.39 is 97.5 Å². The van der Waals surface area contributed by atoms with Crippen molar-refractivity contribution in [2.24, 2.45) is 17.8 Å². The molecule has 0 aliphatic heterocycles. The minimum atomic E-state index is -4.96. The van der Waals surface area contributed by atoms with E-state index in [0.717, 1.165) is 108 Å². The number of aliphatic hydroxyl groups excluding tert-OH is 1. The summed E-state index contributed by atoms with van der Waals surface area (Å²) in [6.45, 7) is 12.0. The first kappa shape index (κ1) is 100. The van der Waals surface area contributed by atoms with Gasteiger partial charge in [0.05, 0.1) is 26.4 Å². The Bertz CT molecular complexity index is 1970. The molecule has 0 saturated carbocycles. The third kappa shape index (κ3) is 76.3. The average molecular weight is 1490 g/mol. The molecule has 17 nitrogen and oxygen atoms in total. The number of unbranched alkanes of at least 4 members (excludes halogenated alkanes) is 49. The Kier molecular flexibility index (Phi) is 71.8. The van der Waals surface area contributed by atoms with Gasteiger partial charge in [0.15, 0.2) is 12.2 Å². The van der Waals surface area contributed by atoms with E-state index in [2.05, 4.69) is 48.5 Å². The van der Waals surface area contributed by atoms with Crippen LogP contribution >= 0.6 is 15.6 Å². The molecule has 606 valence electrons. The summed E-state index contributed by atoms with van der Waals surface area (Å²) in [6, 6.07) is 0. The molecule has 0 aromatic heterocycles. The SMILES string of the molecule is CCCCCCCCCCCCCC(=O)OC[C@H](COP(=O)(O)OC[C@H](O)COP(=O)(O)OC[C@@H](COC(=O)CCCCCCCCCCCCCCCCCC(C)C)OC(=O)CCCCCCCCCCCCCCCCCCC(C)C)OC(=O)CCCCCCCCCCCCCC(C)C. The highest BCUT2D eigenvalue weighted by Crippen LogP contribution is 2.45. The highest BCUT2D eigenvalue weighted by Gasteiger charge is 2.30. The van der Waals surface area contributed by atoms with E-state index in [1.807, 2.05) is 0 Å². The lowest BCUT2D eigenvalue weighted by Gasteiger charge is -2.21. The third-order valence-electron chi connectivity index (χ3n) is 19.4. The van der Waals surface area contributed by atoms with Crippen molar-refractivity contribution in [3.63, 3.8) is 0 Å². The van der Waals surface area contributed by atoms with Crippen LogP contribution < -0.4 is 0 Å². The lowest BCUT2D eigenvalue weighted by molar-refractivity contribution is -0.161. The summed E-state index contributed by atoms with van der Waals surface area (Å²) in [4.78, 5) is 73.1. The maximum absolute atomic E-state index is 13.1. The van der Waals surface area contributed by atoms with Crippen molar-refractivity contribution in [3.05, 3.63) is 0 Å². The van der Waals surface area contributed by atoms with Gasteiger partial charge in [0.25, 0.3) is 0 Å². The summed E-state index contributed by atoms with van der Waals surface area (Å²) in [5, 5.41) is 10.7. The van der Waals surface area contributed by atoms with Gasteiger partial charge in [0, 0.05) is 25.7 Å². The van der Waals surface area contributed by atoms with Crippen LogP contribution in [0.5, 0.6) is 0 Å². The molecule has 0 bridgehead atoms. The number of aliphatic hydroxyl groups is 1. The molecule has 19 heteroatoms. The maximum atomic E-state index is 13.1. The van der Waals surface area contributed by atoms with Gasteiger partial charge in [0.1, 0.15) is 19.3 Å². The normalized spacial score (nSPS) is 13.9. The second-order valence-electron chi connectivity index (χ2n) is 31.3. The van der Waals surface area contributed by atoms with Crippen LogP contribution in [0.2, 0.25) is 0 Å². The summed E-state index contributed by atoms with van der Waals surface area (Å²) in [7, 11) is -9.92. The fourth-order valence-corrected chi connectivity index (χ4v) is 14.4. The summed E-state index contributed by atoms with van der Waals surface area (Å²) >= 11 is 0. The van der Waals surface area contributed by atoms with Crippen LogP contribution in [0.3, 0.4) is 0 Å². The minimum Gasteiger partial charge on any atom is -0.462 e. The molecular formula is C83H162O17P2.